The summed E-state index contributed by atoms with van der Waals surface area (Å²) in [6.07, 6.45) is 0.987. The molecule has 0 spiro atoms. The Hall–Kier alpha value is -2.69. The van der Waals surface area contributed by atoms with Crippen LogP contribution in [0.3, 0.4) is 0 Å². The smallest absolute Gasteiger partial charge is 0.193 e. The van der Waals surface area contributed by atoms with E-state index in [9.17, 15) is 0 Å². The van der Waals surface area contributed by atoms with Crippen molar-refractivity contribution >= 4 is 11.6 Å². The Morgan fingerprint density at radius 3 is 2.25 bits per heavy atom. The Morgan fingerprint density at radius 2 is 1.67 bits per heavy atom. The molecular weight excluding hydrogens is 302 g/mol. The van der Waals surface area contributed by atoms with E-state index in [4.69, 9.17) is 15.2 Å². The van der Waals surface area contributed by atoms with Crippen LogP contribution in [0.1, 0.15) is 19.4 Å². The van der Waals surface area contributed by atoms with Crippen LogP contribution in [0, 0.1) is 0 Å². The number of anilines is 1. The summed E-state index contributed by atoms with van der Waals surface area (Å²) in [5.41, 5.74) is 8.00. The molecule has 0 heterocycles. The zero-order valence-corrected chi connectivity index (χ0v) is 14.5. The van der Waals surface area contributed by atoms with E-state index in [1.54, 1.807) is 7.11 Å². The molecule has 3 N–H and O–H groups in total. The fourth-order valence-corrected chi connectivity index (χ4v) is 2.17. The summed E-state index contributed by atoms with van der Waals surface area (Å²) in [6, 6.07) is 15.6. The first-order valence-corrected chi connectivity index (χ1v) is 8.03. The first kappa shape index (κ1) is 17.7. The van der Waals surface area contributed by atoms with E-state index in [0.717, 1.165) is 23.6 Å². The molecule has 0 aliphatic heterocycles. The van der Waals surface area contributed by atoms with Crippen LogP contribution in [0.5, 0.6) is 11.5 Å². The van der Waals surface area contributed by atoms with Crippen molar-refractivity contribution in [2.24, 2.45) is 10.7 Å². The molecule has 0 saturated heterocycles. The molecule has 0 amide bonds. The van der Waals surface area contributed by atoms with Gasteiger partial charge in [-0.2, -0.15) is 0 Å². The number of rotatable bonds is 7. The van der Waals surface area contributed by atoms with Gasteiger partial charge in [0.2, 0.25) is 0 Å². The highest BCUT2D eigenvalue weighted by atomic mass is 16.5. The number of benzene rings is 2. The summed E-state index contributed by atoms with van der Waals surface area (Å²) < 4.78 is 10.7. The van der Waals surface area contributed by atoms with Gasteiger partial charge in [-0.15, -0.1) is 0 Å². The van der Waals surface area contributed by atoms with Crippen LogP contribution in [-0.2, 0) is 6.42 Å². The number of ether oxygens (including phenoxy) is 2. The quantitative estimate of drug-likeness (QED) is 0.604. The van der Waals surface area contributed by atoms with Gasteiger partial charge in [0.25, 0.3) is 0 Å². The van der Waals surface area contributed by atoms with E-state index in [1.807, 2.05) is 62.4 Å². The van der Waals surface area contributed by atoms with E-state index in [2.05, 4.69) is 10.3 Å². The highest BCUT2D eigenvalue weighted by Gasteiger charge is 1.99. The molecule has 0 aliphatic rings. The Labute approximate surface area is 143 Å². The molecule has 128 valence electrons. The predicted molar refractivity (Wildman–Crippen MR) is 99.0 cm³/mol. The Morgan fingerprint density at radius 1 is 1.04 bits per heavy atom. The first-order chi connectivity index (χ1) is 11.6. The Bertz CT molecular complexity index is 649. The van der Waals surface area contributed by atoms with Gasteiger partial charge in [0.05, 0.1) is 13.2 Å². The lowest BCUT2D eigenvalue weighted by Gasteiger charge is -2.11. The van der Waals surface area contributed by atoms with Crippen molar-refractivity contribution in [3.8, 4) is 11.5 Å². The first-order valence-electron chi connectivity index (χ1n) is 8.03. The van der Waals surface area contributed by atoms with E-state index in [1.165, 1.54) is 5.56 Å². The van der Waals surface area contributed by atoms with Crippen molar-refractivity contribution in [3.05, 3.63) is 54.1 Å². The molecule has 0 fully saturated rings. The van der Waals surface area contributed by atoms with Crippen LogP contribution in [0.2, 0.25) is 0 Å². The minimum atomic E-state index is 0.161. The number of hydrogen-bond acceptors (Lipinski definition) is 3. The second-order valence-corrected chi connectivity index (χ2v) is 5.68. The van der Waals surface area contributed by atoms with E-state index < -0.39 is 0 Å². The lowest BCUT2D eigenvalue weighted by atomic mass is 10.1. The number of nitrogens with one attached hydrogen (secondary N) is 1. The molecule has 0 aliphatic carbocycles. The van der Waals surface area contributed by atoms with Gasteiger partial charge in [0.15, 0.2) is 5.96 Å². The van der Waals surface area contributed by atoms with Gasteiger partial charge in [-0.05, 0) is 62.2 Å². The van der Waals surface area contributed by atoms with Crippen molar-refractivity contribution in [2.45, 2.75) is 26.4 Å². The standard InChI is InChI=1S/C19H25N3O2/c1-14(2)24-18-10-6-16(7-11-18)22-19(20)21-13-12-15-4-8-17(23-3)9-5-15/h4-11,14H,12-13H2,1-3H3,(H3,20,21,22). The van der Waals surface area contributed by atoms with Crippen molar-refractivity contribution in [3.63, 3.8) is 0 Å². The van der Waals surface area contributed by atoms with Gasteiger partial charge >= 0.3 is 0 Å². The summed E-state index contributed by atoms with van der Waals surface area (Å²) in [6.45, 7) is 4.62. The number of nitrogens with two attached hydrogens (primary N) is 1. The average Bonchev–Trinajstić information content (AvgIpc) is 2.57. The fourth-order valence-electron chi connectivity index (χ4n) is 2.17. The van der Waals surface area contributed by atoms with E-state index >= 15 is 0 Å². The van der Waals surface area contributed by atoms with Crippen molar-refractivity contribution in [1.29, 1.82) is 0 Å². The molecule has 5 nitrogen and oxygen atoms in total. The number of hydrogen-bond donors (Lipinski definition) is 2. The largest absolute Gasteiger partial charge is 0.497 e. The third-order valence-electron chi connectivity index (χ3n) is 3.34. The van der Waals surface area contributed by atoms with E-state index in [0.29, 0.717) is 12.5 Å². The third kappa shape index (κ3) is 5.83. The maximum Gasteiger partial charge on any atom is 0.193 e. The monoisotopic (exact) mass is 327 g/mol. The van der Waals surface area contributed by atoms with Crippen LogP contribution < -0.4 is 20.5 Å². The van der Waals surface area contributed by atoms with Gasteiger partial charge in [-0.1, -0.05) is 12.1 Å². The van der Waals surface area contributed by atoms with Crippen molar-refractivity contribution in [1.82, 2.24) is 0 Å². The van der Waals surface area contributed by atoms with Gasteiger partial charge in [0.1, 0.15) is 11.5 Å². The fraction of sp³-hybridized carbons (Fsp3) is 0.316. The van der Waals surface area contributed by atoms with Gasteiger partial charge in [-0.25, -0.2) is 0 Å². The summed E-state index contributed by atoms with van der Waals surface area (Å²) in [7, 11) is 1.66. The van der Waals surface area contributed by atoms with Crippen molar-refractivity contribution < 1.29 is 9.47 Å². The molecular formula is C19H25N3O2. The second-order valence-electron chi connectivity index (χ2n) is 5.68. The molecule has 0 atom stereocenters. The summed E-state index contributed by atoms with van der Waals surface area (Å²) >= 11 is 0. The van der Waals surface area contributed by atoms with Crippen LogP contribution in [-0.4, -0.2) is 25.7 Å². The lowest BCUT2D eigenvalue weighted by molar-refractivity contribution is 0.242. The SMILES string of the molecule is COc1ccc(CCN=C(N)Nc2ccc(OC(C)C)cc2)cc1. The third-order valence-corrected chi connectivity index (χ3v) is 3.34. The molecule has 0 radical (unpaired) electrons. The zero-order valence-electron chi connectivity index (χ0n) is 14.5. The topological polar surface area (TPSA) is 68.9 Å². The molecule has 0 bridgehead atoms. The molecule has 0 saturated carbocycles. The minimum Gasteiger partial charge on any atom is -0.497 e. The molecule has 2 aromatic carbocycles. The molecule has 5 heteroatoms. The summed E-state index contributed by atoms with van der Waals surface area (Å²) in [4.78, 5) is 4.35. The molecule has 0 unspecified atom stereocenters. The molecule has 2 rings (SSSR count). The van der Waals surface area contributed by atoms with Gasteiger partial charge < -0.3 is 20.5 Å². The molecule has 24 heavy (non-hydrogen) atoms. The molecule has 2 aromatic rings. The van der Waals surface area contributed by atoms with Crippen LogP contribution >= 0.6 is 0 Å². The maximum atomic E-state index is 5.92. The number of nitrogens with zero attached hydrogens (tertiary/aromatic N) is 1. The van der Waals surface area contributed by atoms with Gasteiger partial charge in [-0.3, -0.25) is 4.99 Å². The number of methoxy groups -OCH3 is 1. The van der Waals surface area contributed by atoms with Gasteiger partial charge in [0, 0.05) is 12.2 Å². The lowest BCUT2D eigenvalue weighted by Crippen LogP contribution is -2.23. The van der Waals surface area contributed by atoms with Crippen LogP contribution in [0.4, 0.5) is 5.69 Å². The van der Waals surface area contributed by atoms with E-state index in [-0.39, 0.29) is 6.10 Å². The highest BCUT2D eigenvalue weighted by Crippen LogP contribution is 2.16. The van der Waals surface area contributed by atoms with Crippen LogP contribution in [0.25, 0.3) is 0 Å². The minimum absolute atomic E-state index is 0.161. The highest BCUT2D eigenvalue weighted by molar-refractivity contribution is 5.92. The average molecular weight is 327 g/mol. The maximum absolute atomic E-state index is 5.92. The zero-order chi connectivity index (χ0) is 17.4. The van der Waals surface area contributed by atoms with Crippen molar-refractivity contribution in [2.75, 3.05) is 19.0 Å². The second kappa shape index (κ2) is 8.82. The van der Waals surface area contributed by atoms with Crippen LogP contribution in [0.15, 0.2) is 53.5 Å². The number of guanidine groups is 1. The normalized spacial score (nSPS) is 11.4. The number of aliphatic imine (C=N–C) groups is 1. The predicted octanol–water partition coefficient (Wildman–Crippen LogP) is 3.45. The summed E-state index contributed by atoms with van der Waals surface area (Å²) in [5, 5.41) is 3.08. The summed E-state index contributed by atoms with van der Waals surface area (Å²) in [5.74, 6) is 2.10. The Kier molecular flexibility index (Phi) is 6.49. The Balaban J connectivity index is 1.82. The molecule has 0 aromatic heterocycles.